The van der Waals surface area contributed by atoms with Crippen molar-refractivity contribution in [1.82, 2.24) is 0 Å². The Kier molecular flexibility index (Phi) is 9.63. The number of para-hydroxylation sites is 1. The summed E-state index contributed by atoms with van der Waals surface area (Å²) in [4.78, 5) is 36.4. The van der Waals surface area contributed by atoms with E-state index in [9.17, 15) is 14.4 Å². The van der Waals surface area contributed by atoms with Gasteiger partial charge in [0, 0.05) is 0 Å². The van der Waals surface area contributed by atoms with Gasteiger partial charge in [-0.1, -0.05) is 58.6 Å². The van der Waals surface area contributed by atoms with E-state index >= 15 is 0 Å². The summed E-state index contributed by atoms with van der Waals surface area (Å²) < 4.78 is 10.8. The normalized spacial score (nSPS) is 11.0. The van der Waals surface area contributed by atoms with E-state index < -0.39 is 17.4 Å². The van der Waals surface area contributed by atoms with Crippen molar-refractivity contribution in [3.05, 3.63) is 29.8 Å². The van der Waals surface area contributed by atoms with Crippen molar-refractivity contribution in [3.63, 3.8) is 0 Å². The molecule has 0 atom stereocenters. The smallest absolute Gasteiger partial charge is 0.328 e. The average molecular weight is 362 g/mol. The Hall–Kier alpha value is -2.17. The lowest BCUT2D eigenvalue weighted by Crippen LogP contribution is -2.42. The van der Waals surface area contributed by atoms with Crippen LogP contribution in [0.2, 0.25) is 0 Å². The molecule has 0 radical (unpaired) electrons. The topological polar surface area (TPSA) is 69.7 Å². The lowest BCUT2D eigenvalue weighted by Gasteiger charge is -2.27. The predicted molar refractivity (Wildman–Crippen MR) is 100 cm³/mol. The molecule has 26 heavy (non-hydrogen) atoms. The number of esters is 2. The molecule has 0 bridgehead atoms. The molecular formula is C21H30O5. The van der Waals surface area contributed by atoms with E-state index in [1.165, 1.54) is 12.5 Å². The van der Waals surface area contributed by atoms with E-state index in [4.69, 9.17) is 9.47 Å². The van der Waals surface area contributed by atoms with Crippen LogP contribution in [0.5, 0.6) is 5.75 Å². The maximum Gasteiger partial charge on any atom is 0.328 e. The van der Waals surface area contributed by atoms with Gasteiger partial charge in [-0.15, -0.1) is 0 Å². The molecule has 0 aliphatic heterocycles. The SMILES string of the molecule is CCCCCCCOC(=O)C(CC)(CC)C(=O)Oc1ccccc1C=O. The Morgan fingerprint density at radius 2 is 1.62 bits per heavy atom. The molecule has 0 aliphatic carbocycles. The number of aldehydes is 1. The van der Waals surface area contributed by atoms with Crippen LogP contribution in [0, 0.1) is 5.41 Å². The van der Waals surface area contributed by atoms with Crippen molar-refractivity contribution < 1.29 is 23.9 Å². The molecule has 0 spiro atoms. The second-order valence-electron chi connectivity index (χ2n) is 6.38. The molecular weight excluding hydrogens is 332 g/mol. The Morgan fingerprint density at radius 1 is 0.962 bits per heavy atom. The van der Waals surface area contributed by atoms with Gasteiger partial charge in [0.15, 0.2) is 11.7 Å². The maximum atomic E-state index is 12.7. The average Bonchev–Trinajstić information content (AvgIpc) is 2.66. The van der Waals surface area contributed by atoms with Gasteiger partial charge in [-0.3, -0.25) is 14.4 Å². The molecule has 1 rings (SSSR count). The van der Waals surface area contributed by atoms with Crippen LogP contribution in [0.25, 0.3) is 0 Å². The van der Waals surface area contributed by atoms with Crippen molar-refractivity contribution in [3.8, 4) is 5.75 Å². The first-order valence-electron chi connectivity index (χ1n) is 9.49. The first-order chi connectivity index (χ1) is 12.6. The van der Waals surface area contributed by atoms with Crippen molar-refractivity contribution in [1.29, 1.82) is 0 Å². The molecule has 0 unspecified atom stereocenters. The summed E-state index contributed by atoms with van der Waals surface area (Å²) in [5.41, 5.74) is -1.08. The number of carbonyl (C=O) groups is 3. The van der Waals surface area contributed by atoms with Crippen LogP contribution >= 0.6 is 0 Å². The molecule has 144 valence electrons. The van der Waals surface area contributed by atoms with E-state index in [1.807, 2.05) is 0 Å². The first kappa shape index (κ1) is 21.9. The second kappa shape index (κ2) is 11.4. The molecule has 5 heteroatoms. The van der Waals surface area contributed by atoms with Crippen molar-refractivity contribution in [2.75, 3.05) is 6.61 Å². The van der Waals surface area contributed by atoms with Gasteiger partial charge in [0.25, 0.3) is 0 Å². The van der Waals surface area contributed by atoms with Gasteiger partial charge in [-0.05, 0) is 31.4 Å². The van der Waals surface area contributed by atoms with E-state index in [0.717, 1.165) is 25.7 Å². The minimum absolute atomic E-state index is 0.158. The third-order valence-corrected chi connectivity index (χ3v) is 4.72. The fraction of sp³-hybridized carbons (Fsp3) is 0.571. The second-order valence-corrected chi connectivity index (χ2v) is 6.38. The van der Waals surface area contributed by atoms with Gasteiger partial charge in [0.1, 0.15) is 5.75 Å². The fourth-order valence-electron chi connectivity index (χ4n) is 2.79. The van der Waals surface area contributed by atoms with Gasteiger partial charge >= 0.3 is 11.9 Å². The number of benzene rings is 1. The van der Waals surface area contributed by atoms with Gasteiger partial charge in [0.2, 0.25) is 0 Å². The maximum absolute atomic E-state index is 12.7. The van der Waals surface area contributed by atoms with Crippen molar-refractivity contribution in [2.24, 2.45) is 5.41 Å². The third kappa shape index (κ3) is 5.68. The molecule has 0 heterocycles. The van der Waals surface area contributed by atoms with Crippen LogP contribution in [0.3, 0.4) is 0 Å². The number of ether oxygens (including phenoxy) is 2. The van der Waals surface area contributed by atoms with Gasteiger partial charge in [-0.2, -0.15) is 0 Å². The summed E-state index contributed by atoms with van der Waals surface area (Å²) in [6, 6.07) is 6.45. The molecule has 1 aromatic rings. The highest BCUT2D eigenvalue weighted by molar-refractivity contribution is 6.01. The Labute approximate surface area is 156 Å². The minimum Gasteiger partial charge on any atom is -0.465 e. The quantitative estimate of drug-likeness (QED) is 0.177. The van der Waals surface area contributed by atoms with Crippen LogP contribution in [-0.2, 0) is 14.3 Å². The van der Waals surface area contributed by atoms with E-state index in [0.29, 0.717) is 12.9 Å². The molecule has 0 amide bonds. The zero-order chi connectivity index (χ0) is 19.4. The van der Waals surface area contributed by atoms with Gasteiger partial charge in [0.05, 0.1) is 12.2 Å². The van der Waals surface area contributed by atoms with Gasteiger partial charge < -0.3 is 9.47 Å². The molecule has 0 N–H and O–H groups in total. The molecule has 0 aliphatic rings. The van der Waals surface area contributed by atoms with Crippen LogP contribution < -0.4 is 4.74 Å². The lowest BCUT2D eigenvalue weighted by atomic mass is 9.82. The number of hydrogen-bond donors (Lipinski definition) is 0. The zero-order valence-electron chi connectivity index (χ0n) is 16.1. The standard InChI is InChI=1S/C21H30O5/c1-4-7-8-9-12-15-25-19(23)21(5-2,6-3)20(24)26-18-14-11-10-13-17(18)16-22/h10-11,13-14,16H,4-9,12,15H2,1-3H3. The molecule has 0 aromatic heterocycles. The summed E-state index contributed by atoms with van der Waals surface area (Å²) in [6.07, 6.45) is 6.41. The summed E-state index contributed by atoms with van der Waals surface area (Å²) in [5.74, 6) is -1.06. The van der Waals surface area contributed by atoms with E-state index in [-0.39, 0.29) is 24.2 Å². The van der Waals surface area contributed by atoms with Crippen LogP contribution in [0.4, 0.5) is 0 Å². The molecule has 0 saturated heterocycles. The largest absolute Gasteiger partial charge is 0.465 e. The molecule has 0 saturated carbocycles. The first-order valence-corrected chi connectivity index (χ1v) is 9.49. The summed E-state index contributed by atoms with van der Waals surface area (Å²) in [7, 11) is 0. The minimum atomic E-state index is -1.35. The lowest BCUT2D eigenvalue weighted by molar-refractivity contribution is -0.168. The number of hydrogen-bond acceptors (Lipinski definition) is 5. The number of rotatable bonds is 12. The van der Waals surface area contributed by atoms with Crippen LogP contribution in [-0.4, -0.2) is 24.8 Å². The molecule has 5 nitrogen and oxygen atoms in total. The highest BCUT2D eigenvalue weighted by Gasteiger charge is 2.46. The summed E-state index contributed by atoms with van der Waals surface area (Å²) in [6.45, 7) is 5.98. The third-order valence-electron chi connectivity index (χ3n) is 4.72. The molecule has 1 aromatic carbocycles. The van der Waals surface area contributed by atoms with Crippen molar-refractivity contribution in [2.45, 2.75) is 65.7 Å². The highest BCUT2D eigenvalue weighted by atomic mass is 16.6. The Morgan fingerprint density at radius 3 is 2.23 bits per heavy atom. The Bertz CT molecular complexity index is 590. The van der Waals surface area contributed by atoms with Crippen LogP contribution in [0.15, 0.2) is 24.3 Å². The van der Waals surface area contributed by atoms with E-state index in [2.05, 4.69) is 6.92 Å². The van der Waals surface area contributed by atoms with Crippen LogP contribution in [0.1, 0.15) is 76.1 Å². The number of carbonyl (C=O) groups excluding carboxylic acids is 3. The number of unbranched alkanes of at least 4 members (excludes halogenated alkanes) is 4. The fourth-order valence-corrected chi connectivity index (χ4v) is 2.79. The summed E-state index contributed by atoms with van der Waals surface area (Å²) in [5, 5.41) is 0. The van der Waals surface area contributed by atoms with Crippen molar-refractivity contribution >= 4 is 18.2 Å². The monoisotopic (exact) mass is 362 g/mol. The van der Waals surface area contributed by atoms with E-state index in [1.54, 1.807) is 32.0 Å². The predicted octanol–water partition coefficient (Wildman–Crippen LogP) is 4.72. The zero-order valence-corrected chi connectivity index (χ0v) is 16.1. The summed E-state index contributed by atoms with van der Waals surface area (Å²) >= 11 is 0. The molecule has 0 fully saturated rings. The van der Waals surface area contributed by atoms with Gasteiger partial charge in [-0.25, -0.2) is 0 Å². The highest BCUT2D eigenvalue weighted by Crippen LogP contribution is 2.31. The Balaban J connectivity index is 2.75.